The number of ether oxygens (including phenoxy) is 1. The van der Waals surface area contributed by atoms with Gasteiger partial charge in [-0.1, -0.05) is 88.3 Å². The Bertz CT molecular complexity index is 1310. The van der Waals surface area contributed by atoms with Gasteiger partial charge in [0.1, 0.15) is 17.6 Å². The lowest BCUT2D eigenvalue weighted by Crippen LogP contribution is -2.45. The highest BCUT2D eigenvalue weighted by Gasteiger charge is 2.32. The van der Waals surface area contributed by atoms with Crippen LogP contribution in [-0.4, -0.2) is 33.9 Å². The van der Waals surface area contributed by atoms with Gasteiger partial charge in [-0.15, -0.1) is 0 Å². The highest BCUT2D eigenvalue weighted by molar-refractivity contribution is 6.35. The average Bonchev–Trinajstić information content (AvgIpc) is 3.40. The zero-order chi connectivity index (χ0) is 28.1. The maximum absolute atomic E-state index is 13.0. The third-order valence-corrected chi connectivity index (χ3v) is 8.32. The molecule has 1 N–H and O–H groups in total. The molecular weight excluding hydrogens is 600 g/mol. The summed E-state index contributed by atoms with van der Waals surface area (Å²) in [5.74, 6) is -0.116. The van der Waals surface area contributed by atoms with E-state index in [1.807, 2.05) is 72.4 Å². The van der Waals surface area contributed by atoms with Gasteiger partial charge in [0.25, 0.3) is 0 Å². The molecule has 1 aliphatic heterocycles. The molecule has 10 heteroatoms. The summed E-state index contributed by atoms with van der Waals surface area (Å²) >= 11 is 31.8. The number of halogens is 5. The second-order valence-electron chi connectivity index (χ2n) is 9.29. The van der Waals surface area contributed by atoms with Gasteiger partial charge in [-0.25, -0.2) is 0 Å². The summed E-state index contributed by atoms with van der Waals surface area (Å²) in [5, 5.41) is 5.31. The van der Waals surface area contributed by atoms with E-state index in [2.05, 4.69) is 5.32 Å². The Labute approximate surface area is 254 Å². The molecule has 3 aromatic carbocycles. The highest BCUT2D eigenvalue weighted by Crippen LogP contribution is 2.33. The molecule has 0 fully saturated rings. The molecule has 3 atom stereocenters. The summed E-state index contributed by atoms with van der Waals surface area (Å²) < 4.78 is 6.31. The van der Waals surface area contributed by atoms with Crippen LogP contribution in [-0.2, 0) is 22.7 Å². The van der Waals surface area contributed by atoms with Gasteiger partial charge < -0.3 is 19.9 Å². The van der Waals surface area contributed by atoms with Crippen molar-refractivity contribution in [3.8, 4) is 0 Å². The van der Waals surface area contributed by atoms with E-state index >= 15 is 0 Å². The van der Waals surface area contributed by atoms with Gasteiger partial charge in [0.2, 0.25) is 5.91 Å². The monoisotopic (exact) mass is 625 g/mol. The lowest BCUT2D eigenvalue weighted by molar-refractivity contribution is -0.125. The van der Waals surface area contributed by atoms with Gasteiger partial charge in [-0.05, 0) is 66.4 Å². The number of amides is 1. The van der Waals surface area contributed by atoms with Crippen molar-refractivity contribution < 1.29 is 9.53 Å². The van der Waals surface area contributed by atoms with Gasteiger partial charge in [0.05, 0.1) is 13.3 Å². The average molecular weight is 628 g/mol. The number of benzene rings is 3. The Morgan fingerprint density at radius 1 is 0.949 bits per heavy atom. The fourth-order valence-electron chi connectivity index (χ4n) is 4.21. The van der Waals surface area contributed by atoms with E-state index in [-0.39, 0.29) is 12.5 Å². The van der Waals surface area contributed by atoms with Crippen molar-refractivity contribution >= 4 is 63.9 Å². The van der Waals surface area contributed by atoms with Crippen LogP contribution in [0.4, 0.5) is 0 Å². The van der Waals surface area contributed by atoms with Crippen molar-refractivity contribution in [3.63, 3.8) is 0 Å². The van der Waals surface area contributed by atoms with Crippen LogP contribution in [0.1, 0.15) is 35.3 Å². The van der Waals surface area contributed by atoms with Crippen molar-refractivity contribution in [1.82, 2.24) is 15.1 Å². The smallest absolute Gasteiger partial charge is 0.242 e. The van der Waals surface area contributed by atoms with Crippen LogP contribution in [0.2, 0.25) is 20.1 Å². The Balaban J connectivity index is 1.42. The third-order valence-electron chi connectivity index (χ3n) is 6.64. The molecule has 0 saturated carbocycles. The predicted octanol–water partition coefficient (Wildman–Crippen LogP) is 8.18. The first kappa shape index (κ1) is 29.9. The molecule has 1 aliphatic rings. The molecule has 0 radical (unpaired) electrons. The number of nitrogens with zero attached hydrogens (tertiary/aromatic N) is 2. The van der Waals surface area contributed by atoms with Crippen molar-refractivity contribution in [2.75, 3.05) is 6.67 Å². The number of carbonyl (C=O) groups is 1. The first-order valence-electron chi connectivity index (χ1n) is 12.3. The second-order valence-corrected chi connectivity index (χ2v) is 11.4. The zero-order valence-corrected chi connectivity index (χ0v) is 25.2. The van der Waals surface area contributed by atoms with Crippen LogP contribution in [0, 0.1) is 6.92 Å². The fraction of sp³-hybridized carbons (Fsp3) is 0.276. The van der Waals surface area contributed by atoms with Crippen LogP contribution in [0.5, 0.6) is 0 Å². The summed E-state index contributed by atoms with van der Waals surface area (Å²) in [6.07, 6.45) is 3.20. The minimum atomic E-state index is -0.584. The molecular formula is C29H28Cl5N3O2. The largest absolute Gasteiger partial charge is 0.365 e. The van der Waals surface area contributed by atoms with E-state index in [4.69, 9.17) is 62.7 Å². The molecule has 39 heavy (non-hydrogen) atoms. The molecule has 0 spiro atoms. The van der Waals surface area contributed by atoms with Crippen LogP contribution in [0.25, 0.3) is 0 Å². The quantitative estimate of drug-likeness (QED) is 0.182. The summed E-state index contributed by atoms with van der Waals surface area (Å²) in [7, 11) is 0. The third kappa shape index (κ3) is 7.55. The molecule has 0 bridgehead atoms. The van der Waals surface area contributed by atoms with E-state index in [1.54, 1.807) is 24.3 Å². The standard InChI is InChI=1S/C29H28Cl5N3O2/c1-18-4-3-5-25(32)24(18)15-35-29(38)19(2)36-12-13-37(17-36)28(34)27(20-6-9-22(30)10-7-20)39-16-21-8-11-23(31)14-26(21)33/h3-14,19,27-28H,15-17H2,1-2H3,(H,35,38). The molecule has 4 rings (SSSR count). The van der Waals surface area contributed by atoms with Crippen molar-refractivity contribution in [3.05, 3.63) is 115 Å². The maximum Gasteiger partial charge on any atom is 0.242 e. The van der Waals surface area contributed by atoms with Crippen molar-refractivity contribution in [2.45, 2.75) is 44.6 Å². The number of hydrogen-bond donors (Lipinski definition) is 1. The minimum Gasteiger partial charge on any atom is -0.365 e. The zero-order valence-electron chi connectivity index (χ0n) is 21.4. The number of aryl methyl sites for hydroxylation is 1. The first-order valence-corrected chi connectivity index (χ1v) is 14.3. The summed E-state index contributed by atoms with van der Waals surface area (Å²) in [6.45, 7) is 4.81. The van der Waals surface area contributed by atoms with Crippen LogP contribution in [0.3, 0.4) is 0 Å². The normalized spacial score (nSPS) is 15.4. The van der Waals surface area contributed by atoms with E-state index in [1.165, 1.54) is 0 Å². The maximum atomic E-state index is 13.0. The molecule has 1 amide bonds. The highest BCUT2D eigenvalue weighted by atomic mass is 35.5. The molecule has 0 aromatic heterocycles. The van der Waals surface area contributed by atoms with Gasteiger partial charge in [0.15, 0.2) is 0 Å². The SMILES string of the molecule is Cc1cccc(Cl)c1CNC(=O)C(C)N1C=CN(C(Cl)C(OCc2ccc(Cl)cc2Cl)c2ccc(Cl)cc2)C1. The van der Waals surface area contributed by atoms with E-state index in [9.17, 15) is 4.79 Å². The minimum absolute atomic E-state index is 0.116. The van der Waals surface area contributed by atoms with Crippen LogP contribution in [0.15, 0.2) is 73.1 Å². The second kappa shape index (κ2) is 13.5. The Morgan fingerprint density at radius 3 is 2.33 bits per heavy atom. The van der Waals surface area contributed by atoms with Gasteiger partial charge in [-0.2, -0.15) is 0 Å². The van der Waals surface area contributed by atoms with Crippen LogP contribution < -0.4 is 5.32 Å². The molecule has 0 saturated heterocycles. The first-order chi connectivity index (χ1) is 18.6. The van der Waals surface area contributed by atoms with E-state index in [0.717, 1.165) is 22.3 Å². The predicted molar refractivity (Wildman–Crippen MR) is 160 cm³/mol. The van der Waals surface area contributed by atoms with E-state index in [0.29, 0.717) is 33.3 Å². The van der Waals surface area contributed by atoms with Gasteiger partial charge in [-0.3, -0.25) is 4.79 Å². The van der Waals surface area contributed by atoms with E-state index < -0.39 is 17.6 Å². The number of carbonyl (C=O) groups excluding carboxylic acids is 1. The Morgan fingerprint density at radius 2 is 1.64 bits per heavy atom. The number of alkyl halides is 1. The molecule has 206 valence electrons. The number of nitrogens with one attached hydrogen (secondary N) is 1. The lowest BCUT2D eigenvalue weighted by Gasteiger charge is -2.33. The lowest BCUT2D eigenvalue weighted by atomic mass is 10.1. The molecule has 3 unspecified atom stereocenters. The van der Waals surface area contributed by atoms with Crippen molar-refractivity contribution in [1.29, 1.82) is 0 Å². The molecule has 3 aromatic rings. The van der Waals surface area contributed by atoms with Crippen molar-refractivity contribution in [2.24, 2.45) is 0 Å². The Hall–Kier alpha value is -2.12. The number of rotatable bonds is 10. The van der Waals surface area contributed by atoms with Crippen LogP contribution >= 0.6 is 58.0 Å². The molecule has 1 heterocycles. The fourth-order valence-corrected chi connectivity index (χ4v) is 5.43. The summed E-state index contributed by atoms with van der Waals surface area (Å²) in [5.41, 5.74) is 3.00. The summed E-state index contributed by atoms with van der Waals surface area (Å²) in [6, 6.07) is 17.9. The summed E-state index contributed by atoms with van der Waals surface area (Å²) in [4.78, 5) is 16.8. The van der Waals surface area contributed by atoms with Gasteiger partial charge >= 0.3 is 0 Å². The number of hydrogen-bond acceptors (Lipinski definition) is 4. The van der Waals surface area contributed by atoms with Gasteiger partial charge in [0, 0.05) is 39.0 Å². The topological polar surface area (TPSA) is 44.8 Å². The molecule has 0 aliphatic carbocycles. The molecule has 5 nitrogen and oxygen atoms in total. The Kier molecular flexibility index (Phi) is 10.3.